The van der Waals surface area contributed by atoms with Crippen LogP contribution in [0.1, 0.15) is 11.1 Å². The van der Waals surface area contributed by atoms with E-state index in [4.69, 9.17) is 27.9 Å². The highest BCUT2D eigenvalue weighted by atomic mass is 35.5. The highest BCUT2D eigenvalue weighted by Crippen LogP contribution is 2.34. The Morgan fingerprint density at radius 3 is 2.39 bits per heavy atom. The van der Waals surface area contributed by atoms with Crippen molar-refractivity contribution in [2.75, 3.05) is 11.9 Å². The predicted octanol–water partition coefficient (Wildman–Crippen LogP) is 5.64. The van der Waals surface area contributed by atoms with E-state index in [1.165, 1.54) is 6.33 Å². The van der Waals surface area contributed by atoms with Crippen molar-refractivity contribution in [3.05, 3.63) is 70.2 Å². The third kappa shape index (κ3) is 5.46. The van der Waals surface area contributed by atoms with Gasteiger partial charge in [0.25, 0.3) is 0 Å². The van der Waals surface area contributed by atoms with Crippen LogP contribution in [0.3, 0.4) is 0 Å². The number of nitrogens with zero attached hydrogens (tertiary/aromatic N) is 3. The Morgan fingerprint density at radius 1 is 1.00 bits per heavy atom. The summed E-state index contributed by atoms with van der Waals surface area (Å²) in [6, 6.07) is 9.45. The first-order valence-corrected chi connectivity index (χ1v) is 8.78. The van der Waals surface area contributed by atoms with Crippen LogP contribution in [0.15, 0.2) is 48.9 Å². The molecule has 10 heteroatoms. The Balaban J connectivity index is 1.57. The van der Waals surface area contributed by atoms with Gasteiger partial charge in [0.1, 0.15) is 28.1 Å². The number of alkyl halides is 3. The van der Waals surface area contributed by atoms with Crippen LogP contribution in [0.25, 0.3) is 0 Å². The summed E-state index contributed by atoms with van der Waals surface area (Å²) in [7, 11) is 0. The molecule has 0 bridgehead atoms. The standard InChI is InChI=1S/C18H13Cl2F3N4O/c19-14-7-12(18(21,22)23)9-25-17(14)28-13-3-1-11(2-4-13)5-6-24-16-8-15(20)26-10-27-16/h1-4,7-10H,5-6H2,(H,24,26,27). The van der Waals surface area contributed by atoms with E-state index >= 15 is 0 Å². The van der Waals surface area contributed by atoms with Gasteiger partial charge in [-0.3, -0.25) is 0 Å². The van der Waals surface area contributed by atoms with E-state index in [1.807, 2.05) is 12.1 Å². The molecule has 1 aromatic carbocycles. The van der Waals surface area contributed by atoms with Crippen LogP contribution in [-0.4, -0.2) is 21.5 Å². The number of anilines is 1. The van der Waals surface area contributed by atoms with Crippen LogP contribution < -0.4 is 10.1 Å². The molecular formula is C18H13Cl2F3N4O. The van der Waals surface area contributed by atoms with Crippen molar-refractivity contribution in [3.8, 4) is 11.6 Å². The predicted molar refractivity (Wildman–Crippen MR) is 100 cm³/mol. The number of aromatic nitrogens is 3. The van der Waals surface area contributed by atoms with E-state index in [9.17, 15) is 13.2 Å². The molecule has 0 aliphatic heterocycles. The summed E-state index contributed by atoms with van der Waals surface area (Å²) >= 11 is 11.6. The lowest BCUT2D eigenvalue weighted by atomic mass is 10.1. The van der Waals surface area contributed by atoms with Crippen molar-refractivity contribution < 1.29 is 17.9 Å². The van der Waals surface area contributed by atoms with Crippen molar-refractivity contribution in [1.29, 1.82) is 0 Å². The van der Waals surface area contributed by atoms with Crippen molar-refractivity contribution in [1.82, 2.24) is 15.0 Å². The van der Waals surface area contributed by atoms with Gasteiger partial charge in [-0.2, -0.15) is 13.2 Å². The molecule has 28 heavy (non-hydrogen) atoms. The highest BCUT2D eigenvalue weighted by Gasteiger charge is 2.31. The molecule has 0 saturated carbocycles. The molecule has 2 aromatic heterocycles. The maximum absolute atomic E-state index is 12.6. The van der Waals surface area contributed by atoms with E-state index in [1.54, 1.807) is 18.2 Å². The number of hydrogen-bond donors (Lipinski definition) is 1. The van der Waals surface area contributed by atoms with Crippen LogP contribution in [0.4, 0.5) is 19.0 Å². The molecule has 0 spiro atoms. The van der Waals surface area contributed by atoms with Crippen LogP contribution in [0.2, 0.25) is 10.2 Å². The number of ether oxygens (including phenoxy) is 1. The lowest BCUT2D eigenvalue weighted by molar-refractivity contribution is -0.137. The maximum atomic E-state index is 12.6. The monoisotopic (exact) mass is 428 g/mol. The summed E-state index contributed by atoms with van der Waals surface area (Å²) in [6.45, 7) is 0.625. The van der Waals surface area contributed by atoms with E-state index in [0.717, 1.165) is 11.6 Å². The minimum atomic E-state index is -4.51. The summed E-state index contributed by atoms with van der Waals surface area (Å²) < 4.78 is 43.4. The molecule has 0 aliphatic rings. The van der Waals surface area contributed by atoms with Gasteiger partial charge in [0, 0.05) is 18.8 Å². The van der Waals surface area contributed by atoms with Crippen molar-refractivity contribution >= 4 is 29.0 Å². The SMILES string of the molecule is FC(F)(F)c1cnc(Oc2ccc(CCNc3cc(Cl)ncn3)cc2)c(Cl)c1. The second-order valence-corrected chi connectivity index (χ2v) is 6.45. The van der Waals surface area contributed by atoms with Gasteiger partial charge in [-0.25, -0.2) is 15.0 Å². The summed E-state index contributed by atoms with van der Waals surface area (Å²) in [5.74, 6) is 0.946. The molecule has 146 valence electrons. The van der Waals surface area contributed by atoms with E-state index < -0.39 is 11.7 Å². The normalized spacial score (nSPS) is 11.3. The molecule has 1 N–H and O–H groups in total. The quantitative estimate of drug-likeness (QED) is 0.514. The number of nitrogens with one attached hydrogen (secondary N) is 1. The maximum Gasteiger partial charge on any atom is 0.417 e. The van der Waals surface area contributed by atoms with Gasteiger partial charge in [-0.15, -0.1) is 0 Å². The number of benzene rings is 1. The fraction of sp³-hybridized carbons (Fsp3) is 0.167. The molecule has 2 heterocycles. The zero-order chi connectivity index (χ0) is 20.1. The Hall–Kier alpha value is -2.58. The Labute approximate surface area is 168 Å². The molecule has 3 aromatic rings. The van der Waals surface area contributed by atoms with Crippen molar-refractivity contribution in [3.63, 3.8) is 0 Å². The smallest absolute Gasteiger partial charge is 0.417 e. The minimum Gasteiger partial charge on any atom is -0.438 e. The topological polar surface area (TPSA) is 59.9 Å². The van der Waals surface area contributed by atoms with Crippen molar-refractivity contribution in [2.45, 2.75) is 12.6 Å². The number of pyridine rings is 1. The third-order valence-electron chi connectivity index (χ3n) is 3.63. The van der Waals surface area contributed by atoms with Gasteiger partial charge < -0.3 is 10.1 Å². The van der Waals surface area contributed by atoms with Crippen molar-refractivity contribution in [2.24, 2.45) is 0 Å². The van der Waals surface area contributed by atoms with Gasteiger partial charge >= 0.3 is 6.18 Å². The van der Waals surface area contributed by atoms with Gasteiger partial charge in [0.05, 0.1) is 5.56 Å². The number of halogens is 5. The molecule has 5 nitrogen and oxygen atoms in total. The molecule has 0 amide bonds. The summed E-state index contributed by atoms with van der Waals surface area (Å²) in [6.07, 6.45) is -1.75. The lowest BCUT2D eigenvalue weighted by Gasteiger charge is -2.10. The number of rotatable bonds is 6. The average Bonchev–Trinajstić information content (AvgIpc) is 2.64. The van der Waals surface area contributed by atoms with Gasteiger partial charge in [-0.05, 0) is 30.2 Å². The van der Waals surface area contributed by atoms with E-state index in [0.29, 0.717) is 35.9 Å². The van der Waals surface area contributed by atoms with Crippen LogP contribution in [-0.2, 0) is 12.6 Å². The molecule has 0 saturated heterocycles. The molecule has 0 fully saturated rings. The number of hydrogen-bond acceptors (Lipinski definition) is 5. The Bertz CT molecular complexity index is 952. The molecule has 0 aliphatic carbocycles. The highest BCUT2D eigenvalue weighted by molar-refractivity contribution is 6.31. The van der Waals surface area contributed by atoms with Gasteiger partial charge in [0.2, 0.25) is 5.88 Å². The third-order valence-corrected chi connectivity index (χ3v) is 4.10. The molecule has 0 unspecified atom stereocenters. The van der Waals surface area contributed by atoms with E-state index in [-0.39, 0.29) is 10.9 Å². The second kappa shape index (κ2) is 8.62. The van der Waals surface area contributed by atoms with E-state index in [2.05, 4.69) is 20.3 Å². The molecule has 0 radical (unpaired) electrons. The summed E-state index contributed by atoms with van der Waals surface area (Å²) in [5.41, 5.74) is 0.0872. The lowest BCUT2D eigenvalue weighted by Crippen LogP contribution is -2.06. The van der Waals surface area contributed by atoms with Gasteiger partial charge in [-0.1, -0.05) is 35.3 Å². The zero-order valence-electron chi connectivity index (χ0n) is 14.2. The minimum absolute atomic E-state index is 0.0928. The summed E-state index contributed by atoms with van der Waals surface area (Å²) in [5, 5.41) is 3.27. The van der Waals surface area contributed by atoms with Gasteiger partial charge in [0.15, 0.2) is 0 Å². The Kier molecular flexibility index (Phi) is 6.21. The van der Waals surface area contributed by atoms with Crippen LogP contribution in [0.5, 0.6) is 11.6 Å². The Morgan fingerprint density at radius 2 is 1.75 bits per heavy atom. The first-order chi connectivity index (χ1) is 13.3. The molecule has 3 rings (SSSR count). The fourth-order valence-corrected chi connectivity index (χ4v) is 2.61. The fourth-order valence-electron chi connectivity index (χ4n) is 2.26. The zero-order valence-corrected chi connectivity index (χ0v) is 15.7. The molecule has 0 atom stereocenters. The average molecular weight is 429 g/mol. The first kappa shape index (κ1) is 20.2. The van der Waals surface area contributed by atoms with Crippen LogP contribution in [0, 0.1) is 0 Å². The van der Waals surface area contributed by atoms with Crippen LogP contribution >= 0.6 is 23.2 Å². The summed E-state index contributed by atoms with van der Waals surface area (Å²) in [4.78, 5) is 11.5. The molecular weight excluding hydrogens is 416 g/mol. The largest absolute Gasteiger partial charge is 0.438 e. The second-order valence-electron chi connectivity index (χ2n) is 5.66. The first-order valence-electron chi connectivity index (χ1n) is 8.02.